The third kappa shape index (κ3) is 7.97. The van der Waals surface area contributed by atoms with E-state index in [-0.39, 0.29) is 12.5 Å². The molecule has 0 aliphatic heterocycles. The normalized spacial score (nSPS) is 12.7. The van der Waals surface area contributed by atoms with Gasteiger partial charge >= 0.3 is 5.97 Å². The average Bonchev–Trinajstić information content (AvgIpc) is 2.16. The zero-order valence-corrected chi connectivity index (χ0v) is 8.53. The van der Waals surface area contributed by atoms with Crippen molar-refractivity contribution in [2.24, 2.45) is 5.92 Å². The summed E-state index contributed by atoms with van der Waals surface area (Å²) in [5.74, 6) is -1.14. The summed E-state index contributed by atoms with van der Waals surface area (Å²) in [6.07, 6.45) is 0.826. The molecule has 0 rings (SSSR count). The van der Waals surface area contributed by atoms with Crippen LogP contribution >= 0.6 is 0 Å². The standard InChI is InChI=1S/C9H19NO4/c1-8(9(12)13)7-10-3-2-5-14-6-4-11/h8,10-11H,2-7H2,1H3,(H,12,13). The highest BCUT2D eigenvalue weighted by atomic mass is 16.5. The molecule has 0 aromatic heterocycles. The lowest BCUT2D eigenvalue weighted by Gasteiger charge is -2.07. The minimum Gasteiger partial charge on any atom is -0.481 e. The van der Waals surface area contributed by atoms with Crippen LogP contribution in [0.25, 0.3) is 0 Å². The molecule has 1 unspecified atom stereocenters. The van der Waals surface area contributed by atoms with E-state index in [0.29, 0.717) is 19.8 Å². The van der Waals surface area contributed by atoms with Crippen LogP contribution in [0.2, 0.25) is 0 Å². The number of nitrogens with one attached hydrogen (secondary N) is 1. The van der Waals surface area contributed by atoms with Gasteiger partial charge in [0.25, 0.3) is 0 Å². The Bertz CT molecular complexity index is 152. The Labute approximate surface area is 84.1 Å². The third-order valence-electron chi connectivity index (χ3n) is 1.75. The summed E-state index contributed by atoms with van der Waals surface area (Å²) in [6.45, 7) is 3.89. The van der Waals surface area contributed by atoms with Gasteiger partial charge in [-0.1, -0.05) is 6.92 Å². The van der Waals surface area contributed by atoms with Crippen molar-refractivity contribution in [1.82, 2.24) is 5.32 Å². The maximum absolute atomic E-state index is 10.4. The van der Waals surface area contributed by atoms with Crippen LogP contribution in [0, 0.1) is 5.92 Å². The van der Waals surface area contributed by atoms with E-state index >= 15 is 0 Å². The SMILES string of the molecule is CC(CNCCCOCCO)C(=O)O. The first-order valence-corrected chi connectivity index (χ1v) is 4.80. The van der Waals surface area contributed by atoms with Gasteiger partial charge in [-0.15, -0.1) is 0 Å². The Morgan fingerprint density at radius 2 is 2.21 bits per heavy atom. The highest BCUT2D eigenvalue weighted by Crippen LogP contribution is 1.91. The maximum Gasteiger partial charge on any atom is 0.307 e. The molecule has 0 aliphatic carbocycles. The number of aliphatic hydroxyl groups is 1. The maximum atomic E-state index is 10.4. The second kappa shape index (κ2) is 8.93. The van der Waals surface area contributed by atoms with E-state index < -0.39 is 5.97 Å². The molecule has 0 saturated heterocycles. The van der Waals surface area contributed by atoms with E-state index in [1.165, 1.54) is 0 Å². The van der Waals surface area contributed by atoms with Gasteiger partial charge in [0.1, 0.15) is 0 Å². The minimum absolute atomic E-state index is 0.0451. The number of hydrogen-bond acceptors (Lipinski definition) is 4. The lowest BCUT2D eigenvalue weighted by molar-refractivity contribution is -0.140. The molecular weight excluding hydrogens is 186 g/mol. The van der Waals surface area contributed by atoms with E-state index in [1.807, 2.05) is 0 Å². The molecule has 0 bridgehead atoms. The van der Waals surface area contributed by atoms with Gasteiger partial charge in [-0.3, -0.25) is 4.79 Å². The number of carbonyl (C=O) groups is 1. The fourth-order valence-electron chi connectivity index (χ4n) is 0.872. The van der Waals surface area contributed by atoms with Crippen LogP contribution in [0.1, 0.15) is 13.3 Å². The Kier molecular flexibility index (Phi) is 8.51. The number of rotatable bonds is 9. The number of aliphatic hydroxyl groups excluding tert-OH is 1. The largest absolute Gasteiger partial charge is 0.481 e. The molecule has 5 nitrogen and oxygen atoms in total. The number of hydrogen-bond donors (Lipinski definition) is 3. The zero-order valence-electron chi connectivity index (χ0n) is 8.53. The van der Waals surface area contributed by atoms with Crippen LogP contribution < -0.4 is 5.32 Å². The van der Waals surface area contributed by atoms with E-state index in [4.69, 9.17) is 14.9 Å². The number of carboxylic acid groups (broad SMARTS) is 1. The minimum atomic E-state index is -0.783. The van der Waals surface area contributed by atoms with Crippen molar-refractivity contribution < 1.29 is 19.7 Å². The van der Waals surface area contributed by atoms with Crippen molar-refractivity contribution in [2.75, 3.05) is 32.9 Å². The summed E-state index contributed by atoms with van der Waals surface area (Å²) >= 11 is 0. The first-order valence-electron chi connectivity index (χ1n) is 4.80. The number of ether oxygens (including phenoxy) is 1. The fraction of sp³-hybridized carbons (Fsp3) is 0.889. The molecule has 14 heavy (non-hydrogen) atoms. The van der Waals surface area contributed by atoms with E-state index in [0.717, 1.165) is 13.0 Å². The second-order valence-electron chi connectivity index (χ2n) is 3.13. The van der Waals surface area contributed by atoms with Crippen LogP contribution in [0.4, 0.5) is 0 Å². The van der Waals surface area contributed by atoms with Gasteiger partial charge in [0.05, 0.1) is 19.1 Å². The molecule has 84 valence electrons. The van der Waals surface area contributed by atoms with Crippen molar-refractivity contribution >= 4 is 5.97 Å². The predicted octanol–water partition coefficient (Wildman–Crippen LogP) is -0.304. The number of aliphatic carboxylic acids is 1. The average molecular weight is 205 g/mol. The van der Waals surface area contributed by atoms with Crippen LogP contribution in [0.5, 0.6) is 0 Å². The summed E-state index contributed by atoms with van der Waals surface area (Å²) in [4.78, 5) is 10.4. The summed E-state index contributed by atoms with van der Waals surface area (Å²) < 4.78 is 5.03. The Morgan fingerprint density at radius 3 is 2.79 bits per heavy atom. The molecule has 0 fully saturated rings. The second-order valence-corrected chi connectivity index (χ2v) is 3.13. The van der Waals surface area contributed by atoms with Crippen molar-refractivity contribution in [2.45, 2.75) is 13.3 Å². The van der Waals surface area contributed by atoms with Crippen LogP contribution in [-0.2, 0) is 9.53 Å². The molecule has 0 radical (unpaired) electrons. The van der Waals surface area contributed by atoms with Crippen molar-refractivity contribution in [1.29, 1.82) is 0 Å². The highest BCUT2D eigenvalue weighted by molar-refractivity contribution is 5.69. The third-order valence-corrected chi connectivity index (χ3v) is 1.75. The van der Waals surface area contributed by atoms with Crippen molar-refractivity contribution in [3.63, 3.8) is 0 Å². The van der Waals surface area contributed by atoms with Gasteiger partial charge in [-0.2, -0.15) is 0 Å². The Balaban J connectivity index is 3.09. The first-order chi connectivity index (χ1) is 6.68. The smallest absolute Gasteiger partial charge is 0.307 e. The molecule has 0 spiro atoms. The van der Waals surface area contributed by atoms with Crippen molar-refractivity contribution in [3.05, 3.63) is 0 Å². The van der Waals surface area contributed by atoms with Gasteiger partial charge in [0, 0.05) is 13.2 Å². The topological polar surface area (TPSA) is 78.8 Å². The summed E-state index contributed by atoms with van der Waals surface area (Å²) in [7, 11) is 0. The molecular formula is C9H19NO4. The van der Waals surface area contributed by atoms with Crippen LogP contribution in [0.3, 0.4) is 0 Å². The van der Waals surface area contributed by atoms with Gasteiger partial charge in [0.2, 0.25) is 0 Å². The summed E-state index contributed by atoms with van der Waals surface area (Å²) in [6, 6.07) is 0. The van der Waals surface area contributed by atoms with Crippen LogP contribution in [-0.4, -0.2) is 49.1 Å². The molecule has 1 atom stereocenters. The molecule has 0 saturated carbocycles. The van der Waals surface area contributed by atoms with Gasteiger partial charge in [0.15, 0.2) is 0 Å². The molecule has 0 aliphatic rings. The van der Waals surface area contributed by atoms with E-state index in [1.54, 1.807) is 6.92 Å². The number of carboxylic acids is 1. The van der Waals surface area contributed by atoms with E-state index in [9.17, 15) is 4.79 Å². The lowest BCUT2D eigenvalue weighted by atomic mass is 10.2. The Hall–Kier alpha value is -0.650. The summed E-state index contributed by atoms with van der Waals surface area (Å²) in [5.41, 5.74) is 0. The quantitative estimate of drug-likeness (QED) is 0.450. The fourth-order valence-corrected chi connectivity index (χ4v) is 0.872. The molecule has 0 heterocycles. The summed E-state index contributed by atoms with van der Waals surface area (Å²) in [5, 5.41) is 20.0. The molecule has 3 N–H and O–H groups in total. The van der Waals surface area contributed by atoms with Crippen LogP contribution in [0.15, 0.2) is 0 Å². The Morgan fingerprint density at radius 1 is 1.50 bits per heavy atom. The zero-order chi connectivity index (χ0) is 10.8. The molecule has 0 aromatic carbocycles. The van der Waals surface area contributed by atoms with E-state index in [2.05, 4.69) is 5.32 Å². The first kappa shape index (κ1) is 13.4. The molecule has 5 heteroatoms. The van der Waals surface area contributed by atoms with Gasteiger partial charge in [-0.05, 0) is 13.0 Å². The molecule has 0 amide bonds. The highest BCUT2D eigenvalue weighted by Gasteiger charge is 2.08. The van der Waals surface area contributed by atoms with Crippen molar-refractivity contribution in [3.8, 4) is 0 Å². The monoisotopic (exact) mass is 205 g/mol. The lowest BCUT2D eigenvalue weighted by Crippen LogP contribution is -2.27. The molecule has 0 aromatic rings. The van der Waals surface area contributed by atoms with Gasteiger partial charge in [-0.25, -0.2) is 0 Å². The predicted molar refractivity (Wildman–Crippen MR) is 52.2 cm³/mol. The van der Waals surface area contributed by atoms with Gasteiger partial charge < -0.3 is 20.3 Å².